The number of hydrogen-bond acceptors (Lipinski definition) is 9. The van der Waals surface area contributed by atoms with E-state index >= 15 is 0 Å². The molecule has 1 N–H and O–H groups in total. The van der Waals surface area contributed by atoms with Crippen molar-refractivity contribution in [1.82, 2.24) is 39.6 Å². The van der Waals surface area contributed by atoms with Crippen LogP contribution in [0.25, 0.3) is 11.2 Å². The second-order valence-corrected chi connectivity index (χ2v) is 7.96. The maximum atomic E-state index is 6.37. The van der Waals surface area contributed by atoms with Gasteiger partial charge in [-0.1, -0.05) is 5.21 Å². The van der Waals surface area contributed by atoms with Crippen LogP contribution in [0.5, 0.6) is 5.88 Å². The van der Waals surface area contributed by atoms with Gasteiger partial charge in [0.2, 0.25) is 17.5 Å². The fourth-order valence-corrected chi connectivity index (χ4v) is 4.31. The van der Waals surface area contributed by atoms with E-state index in [-0.39, 0.29) is 6.10 Å². The van der Waals surface area contributed by atoms with Gasteiger partial charge in [0.15, 0.2) is 5.52 Å². The second-order valence-electron chi connectivity index (χ2n) is 7.96. The summed E-state index contributed by atoms with van der Waals surface area (Å²) in [6.07, 6.45) is 7.97. The maximum Gasteiger partial charge on any atom is 0.247 e. The number of nitrogens with one attached hydrogen (secondary N) is 1. The third-order valence-electron chi connectivity index (χ3n) is 5.88. The van der Waals surface area contributed by atoms with Crippen molar-refractivity contribution in [2.24, 2.45) is 14.1 Å². The first kappa shape index (κ1) is 19.2. The number of nitrogens with zero attached hydrogens (tertiary/aromatic N) is 8. The average Bonchev–Trinajstić information content (AvgIpc) is 3.34. The number of aryl methyl sites for hydroxylation is 2. The third-order valence-corrected chi connectivity index (χ3v) is 5.88. The number of anilines is 2. The van der Waals surface area contributed by atoms with E-state index in [2.05, 4.69) is 35.6 Å². The predicted molar refractivity (Wildman–Crippen MR) is 110 cm³/mol. The van der Waals surface area contributed by atoms with Crippen LogP contribution < -0.4 is 10.1 Å². The highest BCUT2D eigenvalue weighted by molar-refractivity contribution is 5.77. The molecule has 2 aliphatic rings. The molecule has 30 heavy (non-hydrogen) atoms. The minimum absolute atomic E-state index is 0.126. The molecule has 0 atom stereocenters. The van der Waals surface area contributed by atoms with E-state index in [0.717, 1.165) is 57.7 Å². The number of fused-ring (bicyclic) bond motifs is 1. The maximum absolute atomic E-state index is 6.37. The van der Waals surface area contributed by atoms with E-state index < -0.39 is 0 Å². The summed E-state index contributed by atoms with van der Waals surface area (Å²) in [5.41, 5.74) is 2.02. The molecular formula is C19H27N9O2. The Labute approximate surface area is 174 Å². The fraction of sp³-hybridized carbons (Fsp3) is 0.632. The van der Waals surface area contributed by atoms with E-state index in [1.807, 2.05) is 20.3 Å². The number of aromatic nitrogens is 7. The van der Waals surface area contributed by atoms with E-state index in [1.165, 1.54) is 0 Å². The van der Waals surface area contributed by atoms with Crippen molar-refractivity contribution in [2.45, 2.75) is 37.8 Å². The molecule has 2 fully saturated rings. The molecule has 0 unspecified atom stereocenters. The zero-order valence-corrected chi connectivity index (χ0v) is 17.4. The lowest BCUT2D eigenvalue weighted by Crippen LogP contribution is -2.46. The van der Waals surface area contributed by atoms with Gasteiger partial charge in [-0.25, -0.2) is 4.68 Å². The Bertz CT molecular complexity index is 1000. The SMILES string of the molecule is Cn1cc(Nc2nc(OC3CCC(N4CCOCC4)CC3)c3c(nnn3C)n2)cn1. The third kappa shape index (κ3) is 3.94. The highest BCUT2D eigenvalue weighted by Gasteiger charge is 2.29. The van der Waals surface area contributed by atoms with E-state index in [4.69, 9.17) is 9.47 Å². The second kappa shape index (κ2) is 8.15. The fourth-order valence-electron chi connectivity index (χ4n) is 4.31. The molecule has 0 radical (unpaired) electrons. The Balaban J connectivity index is 1.31. The molecule has 1 aliphatic heterocycles. The van der Waals surface area contributed by atoms with Crippen LogP contribution in [-0.4, -0.2) is 78.1 Å². The Morgan fingerprint density at radius 1 is 1.10 bits per heavy atom. The molecule has 3 aromatic rings. The topological polar surface area (TPSA) is 108 Å². The standard InChI is InChI=1S/C19H27N9O2/c1-26-12-13(11-20-26)21-19-22-17-16(27(2)25-24-17)18(23-19)30-15-5-3-14(4-6-15)28-7-9-29-10-8-28/h11-12,14-15H,3-10H2,1-2H3,(H,21,22,23). The van der Waals surface area contributed by atoms with Gasteiger partial charge < -0.3 is 14.8 Å². The molecule has 0 amide bonds. The van der Waals surface area contributed by atoms with Crippen LogP contribution in [0.1, 0.15) is 25.7 Å². The van der Waals surface area contributed by atoms with Crippen molar-refractivity contribution >= 4 is 22.8 Å². The van der Waals surface area contributed by atoms with E-state index in [9.17, 15) is 0 Å². The number of morpholine rings is 1. The van der Waals surface area contributed by atoms with Gasteiger partial charge in [-0.05, 0) is 25.7 Å². The first-order valence-electron chi connectivity index (χ1n) is 10.5. The van der Waals surface area contributed by atoms with Crippen LogP contribution in [0.2, 0.25) is 0 Å². The van der Waals surface area contributed by atoms with Crippen LogP contribution in [0, 0.1) is 0 Å². The lowest BCUT2D eigenvalue weighted by Gasteiger charge is -2.38. The van der Waals surface area contributed by atoms with Crippen molar-refractivity contribution in [1.29, 1.82) is 0 Å². The summed E-state index contributed by atoms with van der Waals surface area (Å²) in [6.45, 7) is 3.75. The van der Waals surface area contributed by atoms with Gasteiger partial charge in [-0.2, -0.15) is 15.1 Å². The van der Waals surface area contributed by atoms with Crippen LogP contribution >= 0.6 is 0 Å². The Hall–Kier alpha value is -2.79. The molecule has 4 heterocycles. The zero-order valence-electron chi connectivity index (χ0n) is 17.4. The quantitative estimate of drug-likeness (QED) is 0.661. The smallest absolute Gasteiger partial charge is 0.247 e. The molecule has 0 bridgehead atoms. The van der Waals surface area contributed by atoms with Crippen molar-refractivity contribution in [3.05, 3.63) is 12.4 Å². The van der Waals surface area contributed by atoms with Crippen LogP contribution in [0.3, 0.4) is 0 Å². The first-order valence-corrected chi connectivity index (χ1v) is 10.5. The monoisotopic (exact) mass is 413 g/mol. The predicted octanol–water partition coefficient (Wildman–Crippen LogP) is 1.26. The molecule has 1 aliphatic carbocycles. The van der Waals surface area contributed by atoms with Crippen molar-refractivity contribution in [2.75, 3.05) is 31.6 Å². The van der Waals surface area contributed by atoms with E-state index in [1.54, 1.807) is 15.6 Å². The van der Waals surface area contributed by atoms with Crippen molar-refractivity contribution in [3.8, 4) is 5.88 Å². The summed E-state index contributed by atoms with van der Waals surface area (Å²) in [5, 5.41) is 15.6. The molecule has 1 saturated heterocycles. The summed E-state index contributed by atoms with van der Waals surface area (Å²) in [4.78, 5) is 11.7. The molecule has 160 valence electrons. The van der Waals surface area contributed by atoms with Crippen LogP contribution in [0.4, 0.5) is 11.6 Å². The van der Waals surface area contributed by atoms with Gasteiger partial charge in [0.1, 0.15) is 6.10 Å². The van der Waals surface area contributed by atoms with Crippen LogP contribution in [0.15, 0.2) is 12.4 Å². The summed E-state index contributed by atoms with van der Waals surface area (Å²) < 4.78 is 15.2. The molecule has 0 spiro atoms. The molecule has 3 aromatic heterocycles. The summed E-state index contributed by atoms with van der Waals surface area (Å²) in [7, 11) is 3.69. The normalized spacial score (nSPS) is 23.0. The molecular weight excluding hydrogens is 386 g/mol. The van der Waals surface area contributed by atoms with Crippen LogP contribution in [-0.2, 0) is 18.8 Å². The number of rotatable bonds is 5. The number of ether oxygens (including phenoxy) is 2. The van der Waals surface area contributed by atoms with Crippen molar-refractivity contribution < 1.29 is 9.47 Å². The highest BCUT2D eigenvalue weighted by Crippen LogP contribution is 2.30. The molecule has 1 saturated carbocycles. The Morgan fingerprint density at radius 3 is 2.63 bits per heavy atom. The van der Waals surface area contributed by atoms with Gasteiger partial charge >= 0.3 is 0 Å². The van der Waals surface area contributed by atoms with Crippen molar-refractivity contribution in [3.63, 3.8) is 0 Å². The molecule has 11 nitrogen and oxygen atoms in total. The molecule has 11 heteroatoms. The zero-order chi connectivity index (χ0) is 20.5. The van der Waals surface area contributed by atoms with E-state index in [0.29, 0.717) is 29.0 Å². The first-order chi connectivity index (χ1) is 14.7. The lowest BCUT2D eigenvalue weighted by molar-refractivity contribution is -0.00127. The van der Waals surface area contributed by atoms with Gasteiger partial charge in [0.25, 0.3) is 0 Å². The summed E-state index contributed by atoms with van der Waals surface area (Å²) >= 11 is 0. The van der Waals surface area contributed by atoms with Gasteiger partial charge in [0.05, 0.1) is 25.1 Å². The molecule has 0 aromatic carbocycles. The van der Waals surface area contributed by atoms with Gasteiger partial charge in [0, 0.05) is 39.4 Å². The summed E-state index contributed by atoms with van der Waals surface area (Å²) in [5.74, 6) is 0.946. The molecule has 5 rings (SSSR count). The van der Waals surface area contributed by atoms with Gasteiger partial charge in [-0.15, -0.1) is 5.10 Å². The average molecular weight is 413 g/mol. The Morgan fingerprint density at radius 2 is 1.90 bits per heavy atom. The lowest BCUT2D eigenvalue weighted by atomic mass is 9.91. The van der Waals surface area contributed by atoms with Gasteiger partial charge in [-0.3, -0.25) is 9.58 Å². The highest BCUT2D eigenvalue weighted by atomic mass is 16.5. The summed E-state index contributed by atoms with van der Waals surface area (Å²) in [6, 6.07) is 0.625. The Kier molecular flexibility index (Phi) is 5.21. The minimum Gasteiger partial charge on any atom is -0.473 e. The largest absolute Gasteiger partial charge is 0.473 e. The minimum atomic E-state index is 0.126. The number of hydrogen-bond donors (Lipinski definition) is 1.